The minimum Gasteiger partial charge on any atom is -0.501 e. The number of fused-ring (bicyclic) bond motifs is 3. The van der Waals surface area contributed by atoms with Gasteiger partial charge >= 0.3 is 0 Å². The first-order valence-electron chi connectivity index (χ1n) is 13.9. The topological polar surface area (TPSA) is 38.9 Å². The number of hydrogen-bond donors (Lipinski definition) is 0. The minimum atomic E-state index is -1.55. The van der Waals surface area contributed by atoms with Gasteiger partial charge in [-0.25, -0.2) is 0 Å². The van der Waals surface area contributed by atoms with Crippen LogP contribution in [-0.2, 0) is 20.1 Å². The number of nitrogens with zero attached hydrogens (tertiary/aromatic N) is 2. The van der Waals surface area contributed by atoms with E-state index in [1.807, 2.05) is 61.8 Å². The normalized spacial score (nSPS) is 11.3. The Bertz CT molecular complexity index is 1770. The van der Waals surface area contributed by atoms with Crippen molar-refractivity contribution in [2.45, 2.75) is 53.3 Å². The summed E-state index contributed by atoms with van der Waals surface area (Å²) >= 11 is 0. The number of furan rings is 1. The summed E-state index contributed by atoms with van der Waals surface area (Å²) in [7, 11) is -1.55. The first kappa shape index (κ1) is 30.6. The van der Waals surface area contributed by atoms with Gasteiger partial charge in [-0.2, -0.15) is 0 Å². The molecule has 0 unspecified atom stereocenters. The predicted molar refractivity (Wildman–Crippen MR) is 171 cm³/mol. The molecule has 3 aromatic carbocycles. The Balaban J connectivity index is 0.000000233. The number of hydrogen-bond acceptors (Lipinski definition) is 3. The second-order valence-electron chi connectivity index (χ2n) is 11.7. The van der Waals surface area contributed by atoms with Crippen LogP contribution in [0.4, 0.5) is 0 Å². The van der Waals surface area contributed by atoms with E-state index in [4.69, 9.17) is 9.40 Å². The fourth-order valence-electron chi connectivity index (χ4n) is 5.04. The molecule has 5 heteroatoms. The van der Waals surface area contributed by atoms with Crippen molar-refractivity contribution in [3.05, 3.63) is 114 Å². The average Bonchev–Trinajstić information content (AvgIpc) is 3.32. The van der Waals surface area contributed by atoms with Gasteiger partial charge in [0.25, 0.3) is 0 Å². The molecule has 41 heavy (non-hydrogen) atoms. The van der Waals surface area contributed by atoms with E-state index in [1.54, 1.807) is 0 Å². The van der Waals surface area contributed by atoms with Gasteiger partial charge in [0.1, 0.15) is 5.58 Å². The molecule has 0 aliphatic heterocycles. The Labute approximate surface area is 258 Å². The van der Waals surface area contributed by atoms with E-state index in [-0.39, 0.29) is 20.1 Å². The molecule has 6 aromatic rings. The molecular weight excluding hydrogens is 697 g/mol. The van der Waals surface area contributed by atoms with E-state index >= 15 is 0 Å². The second kappa shape index (κ2) is 12.6. The fourth-order valence-corrected chi connectivity index (χ4v) is 6.54. The summed E-state index contributed by atoms with van der Waals surface area (Å²) in [6.45, 7) is 15.7. The first-order valence-corrected chi connectivity index (χ1v) is 17.4. The summed E-state index contributed by atoms with van der Waals surface area (Å²) in [5.74, 6) is 0.469. The van der Waals surface area contributed by atoms with Crippen molar-refractivity contribution in [3.63, 3.8) is 0 Å². The predicted octanol–water partition coefficient (Wildman–Crippen LogP) is 9.28. The second-order valence-corrected chi connectivity index (χ2v) is 16.7. The zero-order valence-electron chi connectivity index (χ0n) is 24.8. The summed E-state index contributed by atoms with van der Waals surface area (Å²) in [6.07, 6.45) is 3.88. The summed E-state index contributed by atoms with van der Waals surface area (Å²) in [5.41, 5.74) is 9.50. The van der Waals surface area contributed by atoms with Crippen LogP contribution in [0.2, 0.25) is 19.6 Å². The molecule has 3 aromatic heterocycles. The van der Waals surface area contributed by atoms with Crippen molar-refractivity contribution in [2.24, 2.45) is 0 Å². The van der Waals surface area contributed by atoms with Gasteiger partial charge in [-0.05, 0) is 48.3 Å². The summed E-state index contributed by atoms with van der Waals surface area (Å²) in [4.78, 5) is 9.08. The molecule has 0 N–H and O–H groups in total. The van der Waals surface area contributed by atoms with Crippen molar-refractivity contribution in [2.75, 3.05) is 0 Å². The summed E-state index contributed by atoms with van der Waals surface area (Å²) in [5, 5.41) is 3.82. The average molecular weight is 733 g/mol. The molecule has 3 heterocycles. The molecule has 3 nitrogen and oxygen atoms in total. The molecule has 0 aliphatic rings. The van der Waals surface area contributed by atoms with Crippen LogP contribution in [0.3, 0.4) is 0 Å². The van der Waals surface area contributed by atoms with E-state index in [1.165, 1.54) is 32.6 Å². The Hall–Kier alpha value is -3.37. The molecule has 1 radical (unpaired) electrons. The number of para-hydroxylation sites is 1. The smallest absolute Gasteiger partial charge is 0.120 e. The third-order valence-corrected chi connectivity index (χ3v) is 9.20. The molecule has 0 atom stereocenters. The van der Waals surface area contributed by atoms with Crippen molar-refractivity contribution < 1.29 is 24.5 Å². The van der Waals surface area contributed by atoms with E-state index < -0.39 is 8.07 Å². The van der Waals surface area contributed by atoms with Crippen LogP contribution in [-0.4, -0.2) is 18.0 Å². The number of rotatable bonds is 4. The van der Waals surface area contributed by atoms with Crippen molar-refractivity contribution in [1.82, 2.24) is 9.97 Å². The molecule has 0 saturated carbocycles. The van der Waals surface area contributed by atoms with Gasteiger partial charge in [0.05, 0.1) is 5.58 Å². The Kier molecular flexibility index (Phi) is 9.43. The molecule has 6 rings (SSSR count). The van der Waals surface area contributed by atoms with Crippen LogP contribution >= 0.6 is 0 Å². The SMILES string of the molecule is Cc1cc(-c2[c-]cc([Si](C)(C)C)c3c2oc2ccccc23)ncc1C(C)C.Cc1ccc(-c2[c-]cccc2)nc1.[Ir]. The molecular formula is C36H36IrN2OSi-2. The van der Waals surface area contributed by atoms with E-state index in [9.17, 15) is 0 Å². The Morgan fingerprint density at radius 1 is 0.829 bits per heavy atom. The third kappa shape index (κ3) is 6.59. The standard InChI is InChI=1S/C24H26NOSi.C12H10N.Ir/c1-15(2)19-14-25-20(13-16(19)3)17-11-12-22(27(4,5)6)23-18-9-7-8-10-21(18)26-24(17)23;1-10-7-8-12(13-9-10)11-5-3-2-4-6-11;/h7-10,12-15H,1-6H3;2-5,7-9H,1H3;/q2*-1;. The zero-order chi connectivity index (χ0) is 28.4. The van der Waals surface area contributed by atoms with Gasteiger partial charge in [-0.15, -0.1) is 53.2 Å². The van der Waals surface area contributed by atoms with Gasteiger partial charge < -0.3 is 14.4 Å². The molecule has 0 fully saturated rings. The number of pyridine rings is 2. The zero-order valence-corrected chi connectivity index (χ0v) is 28.2. The van der Waals surface area contributed by atoms with Gasteiger partial charge in [-0.1, -0.05) is 86.4 Å². The number of aromatic nitrogens is 2. The van der Waals surface area contributed by atoms with Gasteiger partial charge in [0, 0.05) is 46.0 Å². The van der Waals surface area contributed by atoms with Crippen LogP contribution < -0.4 is 5.19 Å². The Morgan fingerprint density at radius 3 is 2.20 bits per heavy atom. The van der Waals surface area contributed by atoms with Gasteiger partial charge in [0.2, 0.25) is 0 Å². The van der Waals surface area contributed by atoms with Crippen molar-refractivity contribution in [3.8, 4) is 22.5 Å². The maximum Gasteiger partial charge on any atom is 0.120 e. The van der Waals surface area contributed by atoms with E-state index in [0.29, 0.717) is 5.92 Å². The van der Waals surface area contributed by atoms with Crippen LogP contribution in [0.1, 0.15) is 36.5 Å². The largest absolute Gasteiger partial charge is 0.501 e. The summed E-state index contributed by atoms with van der Waals surface area (Å²) in [6, 6.07) is 31.3. The minimum absolute atomic E-state index is 0. The number of benzene rings is 3. The van der Waals surface area contributed by atoms with E-state index in [0.717, 1.165) is 33.7 Å². The van der Waals surface area contributed by atoms with Gasteiger partial charge in [0.15, 0.2) is 0 Å². The maximum atomic E-state index is 6.34. The van der Waals surface area contributed by atoms with Crippen LogP contribution in [0.15, 0.2) is 89.6 Å². The third-order valence-electron chi connectivity index (χ3n) is 7.19. The fraction of sp³-hybridized carbons (Fsp3) is 0.222. The molecule has 0 amide bonds. The monoisotopic (exact) mass is 733 g/mol. The van der Waals surface area contributed by atoms with Crippen LogP contribution in [0.25, 0.3) is 44.5 Å². The molecule has 0 spiro atoms. The quantitative estimate of drug-likeness (QED) is 0.134. The Morgan fingerprint density at radius 2 is 1.56 bits per heavy atom. The summed E-state index contributed by atoms with van der Waals surface area (Å²) < 4.78 is 6.34. The van der Waals surface area contributed by atoms with Crippen LogP contribution in [0.5, 0.6) is 0 Å². The van der Waals surface area contributed by atoms with Crippen molar-refractivity contribution in [1.29, 1.82) is 0 Å². The first-order chi connectivity index (χ1) is 19.1. The van der Waals surface area contributed by atoms with Crippen molar-refractivity contribution >= 4 is 35.2 Å². The van der Waals surface area contributed by atoms with Gasteiger partial charge in [-0.3, -0.25) is 0 Å². The number of aryl methyl sites for hydroxylation is 2. The molecule has 0 bridgehead atoms. The molecule has 211 valence electrons. The van der Waals surface area contributed by atoms with E-state index in [2.05, 4.69) is 87.9 Å². The molecule has 0 saturated heterocycles. The maximum absolute atomic E-state index is 6.34. The van der Waals surface area contributed by atoms with Crippen LogP contribution in [0, 0.1) is 26.0 Å². The molecule has 0 aliphatic carbocycles.